The van der Waals surface area contributed by atoms with Gasteiger partial charge in [0.1, 0.15) is 0 Å². The van der Waals surface area contributed by atoms with Crippen molar-refractivity contribution in [1.82, 2.24) is 10.6 Å². The summed E-state index contributed by atoms with van der Waals surface area (Å²) in [5.41, 5.74) is -0.939. The van der Waals surface area contributed by atoms with Crippen molar-refractivity contribution in [3.8, 4) is 0 Å². The smallest absolute Gasteiger partial charge is 0.324 e. The van der Waals surface area contributed by atoms with Gasteiger partial charge in [0.2, 0.25) is 0 Å². The molecule has 0 saturated heterocycles. The molecule has 4 aromatic carbocycles. The largest absolute Gasteiger partial charge is 0.328 e. The van der Waals surface area contributed by atoms with Crippen molar-refractivity contribution >= 4 is 15.2 Å². The summed E-state index contributed by atoms with van der Waals surface area (Å²) in [6, 6.07) is 37.2. The van der Waals surface area contributed by atoms with Crippen LogP contribution in [0.4, 0.5) is 0 Å². The molecule has 0 aliphatic heterocycles. The Labute approximate surface area is 258 Å². The molecule has 0 radical (unpaired) electrons. The molecule has 6 N–H and O–H groups in total. The van der Waals surface area contributed by atoms with E-state index in [1.165, 1.54) is 0 Å². The van der Waals surface area contributed by atoms with E-state index >= 15 is 0 Å². The molecule has 232 valence electrons. The first-order valence-electron chi connectivity index (χ1n) is 14.9. The third-order valence-corrected chi connectivity index (χ3v) is 10.3. The minimum absolute atomic E-state index is 0.514. The average Bonchev–Trinajstić information content (AvgIpc) is 3.01. The van der Waals surface area contributed by atoms with Gasteiger partial charge in [0.05, 0.1) is 29.1 Å². The van der Waals surface area contributed by atoms with Gasteiger partial charge < -0.3 is 19.6 Å². The summed E-state index contributed by atoms with van der Waals surface area (Å²) < 4.78 is 26.0. The highest BCUT2D eigenvalue weighted by atomic mass is 31.2. The molecule has 0 unspecified atom stereocenters. The van der Waals surface area contributed by atoms with E-state index in [0.717, 1.165) is 19.3 Å². The van der Waals surface area contributed by atoms with Crippen LogP contribution in [0.3, 0.4) is 0 Å². The van der Waals surface area contributed by atoms with Crippen LogP contribution in [0.2, 0.25) is 0 Å². The highest BCUT2D eigenvalue weighted by molar-refractivity contribution is 7.52. The van der Waals surface area contributed by atoms with Crippen molar-refractivity contribution in [3.05, 3.63) is 144 Å². The maximum atomic E-state index is 13.0. The Morgan fingerprint density at radius 2 is 0.773 bits per heavy atom. The van der Waals surface area contributed by atoms with E-state index in [1.54, 1.807) is 0 Å². The number of hydrogen-bond acceptors (Lipinski definition) is 4. The number of nitrogens with one attached hydrogen (secondary N) is 2. The van der Waals surface area contributed by atoms with Gasteiger partial charge in [-0.15, -0.1) is 0 Å². The van der Waals surface area contributed by atoms with Crippen molar-refractivity contribution in [3.63, 3.8) is 0 Å². The van der Waals surface area contributed by atoms with Gasteiger partial charge in [0.25, 0.3) is 0 Å². The first-order chi connectivity index (χ1) is 21.0. The second-order valence-corrected chi connectivity index (χ2v) is 15.1. The molecule has 0 amide bonds. The van der Waals surface area contributed by atoms with Gasteiger partial charge in [-0.1, -0.05) is 141 Å². The van der Waals surface area contributed by atoms with Crippen LogP contribution in [-0.2, 0) is 20.2 Å². The standard InChI is InChI=1S/C34H40N2O6P2/c37-43(38,39)26-33(28-16-6-1-7-17-28,29-18-8-2-9-19-29)35-32(24-14-5-15-25-32)36-34(27-44(40,41)42,30-20-10-3-11-21-30)31-22-12-4-13-23-31/h1-4,6-13,16-23,35-36H,5,14-15,24-27H2,(H2,37,38,39)(H2,40,41,42). The molecule has 5 rings (SSSR count). The Morgan fingerprint density at radius 1 is 0.500 bits per heavy atom. The molecule has 8 nitrogen and oxygen atoms in total. The molecule has 4 aromatic rings. The van der Waals surface area contributed by atoms with Gasteiger partial charge in [0, 0.05) is 0 Å². The summed E-state index contributed by atoms with van der Waals surface area (Å²) in [5.74, 6) is 0. The third kappa shape index (κ3) is 7.48. The fraction of sp³-hybridized carbons (Fsp3) is 0.294. The van der Waals surface area contributed by atoms with Crippen LogP contribution >= 0.6 is 15.2 Å². The zero-order valence-electron chi connectivity index (χ0n) is 24.5. The zero-order chi connectivity index (χ0) is 31.3. The molecule has 1 saturated carbocycles. The van der Waals surface area contributed by atoms with Gasteiger partial charge >= 0.3 is 15.2 Å². The fourth-order valence-corrected chi connectivity index (χ4v) is 8.95. The summed E-state index contributed by atoms with van der Waals surface area (Å²) in [6.45, 7) is 0. The minimum Gasteiger partial charge on any atom is -0.324 e. The normalized spacial score (nSPS) is 16.0. The highest BCUT2D eigenvalue weighted by Gasteiger charge is 2.51. The zero-order valence-corrected chi connectivity index (χ0v) is 26.3. The lowest BCUT2D eigenvalue weighted by atomic mass is 9.76. The molecule has 0 aromatic heterocycles. The van der Waals surface area contributed by atoms with Crippen molar-refractivity contribution in [2.75, 3.05) is 12.3 Å². The Morgan fingerprint density at radius 3 is 1.02 bits per heavy atom. The van der Waals surface area contributed by atoms with E-state index in [4.69, 9.17) is 0 Å². The molecule has 10 heteroatoms. The molecule has 0 bridgehead atoms. The van der Waals surface area contributed by atoms with Crippen LogP contribution in [-0.4, -0.2) is 37.6 Å². The molecule has 1 aliphatic rings. The second-order valence-electron chi connectivity index (χ2n) is 11.8. The maximum absolute atomic E-state index is 13.0. The molecule has 44 heavy (non-hydrogen) atoms. The molecule has 0 atom stereocenters. The van der Waals surface area contributed by atoms with E-state index in [1.807, 2.05) is 121 Å². The van der Waals surface area contributed by atoms with Gasteiger partial charge in [0.15, 0.2) is 0 Å². The summed E-state index contributed by atoms with van der Waals surface area (Å²) >= 11 is 0. The maximum Gasteiger partial charge on any atom is 0.328 e. The van der Waals surface area contributed by atoms with Crippen LogP contribution in [0.15, 0.2) is 121 Å². The SMILES string of the molecule is O=P(O)(O)CC(NC1(NC(CP(=O)(O)O)(c2ccccc2)c2ccccc2)CCCCC1)(c1ccccc1)c1ccccc1. The Hall–Kier alpha value is -2.90. The highest BCUT2D eigenvalue weighted by Crippen LogP contribution is 2.50. The van der Waals surface area contributed by atoms with E-state index < -0.39 is 44.3 Å². The monoisotopic (exact) mass is 634 g/mol. The van der Waals surface area contributed by atoms with Crippen LogP contribution in [0.1, 0.15) is 54.4 Å². The van der Waals surface area contributed by atoms with E-state index in [0.29, 0.717) is 35.1 Å². The Kier molecular flexibility index (Phi) is 9.76. The predicted octanol–water partition coefficient (Wildman–Crippen LogP) is 6.07. The van der Waals surface area contributed by atoms with Gasteiger partial charge in [-0.3, -0.25) is 19.8 Å². The van der Waals surface area contributed by atoms with Crippen molar-refractivity contribution < 1.29 is 28.7 Å². The Balaban J connectivity index is 1.77. The van der Waals surface area contributed by atoms with E-state index in [2.05, 4.69) is 10.6 Å². The van der Waals surface area contributed by atoms with Crippen molar-refractivity contribution in [2.24, 2.45) is 0 Å². The van der Waals surface area contributed by atoms with Gasteiger partial charge in [-0.05, 0) is 35.1 Å². The quantitative estimate of drug-likeness (QED) is 0.0816. The summed E-state index contributed by atoms with van der Waals surface area (Å²) in [4.78, 5) is 42.3. The third-order valence-electron chi connectivity index (χ3n) is 8.57. The molecular weight excluding hydrogens is 594 g/mol. The molecular formula is C34H40N2O6P2. The first-order valence-corrected chi connectivity index (χ1v) is 18.4. The predicted molar refractivity (Wildman–Crippen MR) is 173 cm³/mol. The average molecular weight is 635 g/mol. The van der Waals surface area contributed by atoms with Gasteiger partial charge in [-0.25, -0.2) is 0 Å². The number of rotatable bonds is 12. The summed E-state index contributed by atoms with van der Waals surface area (Å²) in [5, 5.41) is 7.59. The van der Waals surface area contributed by atoms with E-state index in [-0.39, 0.29) is 0 Å². The van der Waals surface area contributed by atoms with Crippen LogP contribution in [0.5, 0.6) is 0 Å². The lowest BCUT2D eigenvalue weighted by Gasteiger charge is -2.53. The Bertz CT molecular complexity index is 1390. The van der Waals surface area contributed by atoms with Crippen molar-refractivity contribution in [1.29, 1.82) is 0 Å². The van der Waals surface area contributed by atoms with E-state index in [9.17, 15) is 28.7 Å². The topological polar surface area (TPSA) is 139 Å². The number of hydrogen-bond donors (Lipinski definition) is 6. The number of benzene rings is 4. The lowest BCUT2D eigenvalue weighted by molar-refractivity contribution is 0.105. The summed E-state index contributed by atoms with van der Waals surface area (Å²) in [6.07, 6.45) is 2.70. The molecule has 0 heterocycles. The molecule has 1 aliphatic carbocycles. The lowest BCUT2D eigenvalue weighted by Crippen LogP contribution is -2.70. The van der Waals surface area contributed by atoms with Crippen LogP contribution in [0, 0.1) is 0 Å². The first kappa shape index (κ1) is 32.5. The van der Waals surface area contributed by atoms with Crippen molar-refractivity contribution in [2.45, 2.75) is 48.8 Å². The fourth-order valence-electron chi connectivity index (χ4n) is 6.83. The van der Waals surface area contributed by atoms with Crippen LogP contribution < -0.4 is 10.6 Å². The van der Waals surface area contributed by atoms with Gasteiger partial charge in [-0.2, -0.15) is 0 Å². The molecule has 0 spiro atoms. The van der Waals surface area contributed by atoms with Crippen LogP contribution in [0.25, 0.3) is 0 Å². The second kappa shape index (κ2) is 13.2. The molecule has 1 fully saturated rings. The minimum atomic E-state index is -4.63. The summed E-state index contributed by atoms with van der Waals surface area (Å²) in [7, 11) is -9.26.